The lowest BCUT2D eigenvalue weighted by atomic mass is 10.2. The fourth-order valence-electron chi connectivity index (χ4n) is 0.176. The van der Waals surface area contributed by atoms with Crippen LogP contribution in [-0.2, 0) is 0 Å². The molecule has 0 heterocycles. The van der Waals surface area contributed by atoms with Gasteiger partial charge in [0.15, 0.2) is 7.85 Å². The molecule has 0 fully saturated rings. The molecule has 0 amide bonds. The average Bonchev–Trinajstić information content (AvgIpc) is 1.97. The molecule has 2 radical (unpaired) electrons. The Morgan fingerprint density at radius 1 is 1.10 bits per heavy atom. The summed E-state index contributed by atoms with van der Waals surface area (Å²) in [5.74, 6) is 11.1. The largest absolute Gasteiger partial charge is 0.389 e. The zero-order valence-corrected chi connectivity index (χ0v) is 5.92. The van der Waals surface area contributed by atoms with Crippen LogP contribution in [0, 0.1) is 47.2 Å². The first-order valence-electron chi connectivity index (χ1n) is 2.24. The monoisotopic (exact) mass is 138 g/mol. The summed E-state index contributed by atoms with van der Waals surface area (Å²) in [6.45, 7) is 0. The van der Waals surface area contributed by atoms with Crippen LogP contribution < -0.4 is 0 Å². The van der Waals surface area contributed by atoms with Gasteiger partial charge < -0.3 is 20.7 Å². The third-order valence-corrected chi connectivity index (χ3v) is 0.868. The summed E-state index contributed by atoms with van der Waals surface area (Å²) in [5.41, 5.74) is 5.13. The summed E-state index contributed by atoms with van der Waals surface area (Å²) >= 11 is 0. The van der Waals surface area contributed by atoms with Crippen LogP contribution in [-0.4, -0.2) is 7.85 Å². The van der Waals surface area contributed by atoms with Crippen molar-refractivity contribution in [3.63, 3.8) is 0 Å². The predicted molar refractivity (Wildman–Crippen MR) is 43.1 cm³/mol. The molecule has 0 atom stereocenters. The van der Waals surface area contributed by atoms with Crippen molar-refractivity contribution in [2.24, 2.45) is 0 Å². The Labute approximate surface area is 64.4 Å². The third-order valence-electron chi connectivity index (χ3n) is 0.421. The second-order valence-electron chi connectivity index (χ2n) is 0.980. The second kappa shape index (κ2) is 7.73. The molecule has 2 heteroatoms. The quantitative estimate of drug-likeness (QED) is 0.198. The van der Waals surface area contributed by atoms with Gasteiger partial charge in [-0.05, 0) is 5.92 Å². The van der Waals surface area contributed by atoms with E-state index in [9.17, 15) is 0 Å². The molecule has 0 bridgehead atoms. The Bertz CT molecular complexity index is 303. The topological polar surface area (TPSA) is 0 Å². The molecule has 0 aromatic carbocycles. The van der Waals surface area contributed by atoms with E-state index in [-0.39, 0.29) is 0 Å². The van der Waals surface area contributed by atoms with E-state index < -0.39 is 0 Å². The summed E-state index contributed by atoms with van der Waals surface area (Å²) in [6.07, 6.45) is 6.39. The highest BCUT2D eigenvalue weighted by Crippen LogP contribution is 2.00. The van der Waals surface area contributed by atoms with Crippen LogP contribution in [0.4, 0.5) is 0 Å². The van der Waals surface area contributed by atoms with Gasteiger partial charge in [0.05, 0.1) is 0 Å². The summed E-state index contributed by atoms with van der Waals surface area (Å²) in [6, 6.07) is 0. The molecule has 0 N–H and O–H groups in total. The van der Waals surface area contributed by atoms with Crippen LogP contribution in [0.3, 0.4) is 0 Å². The standard InChI is InChI=1S/C8BP/c1-2-3-7-10-8-5-4-6-9/q-2. The molecule has 0 aliphatic carbocycles. The van der Waals surface area contributed by atoms with Crippen LogP contribution in [0.15, 0.2) is 0 Å². The second-order valence-corrected chi connectivity index (χ2v) is 1.65. The smallest absolute Gasteiger partial charge is 0.189 e. The minimum atomic E-state index is 0.621. The van der Waals surface area contributed by atoms with Gasteiger partial charge in [-0.15, -0.1) is 0 Å². The Morgan fingerprint density at radius 2 is 1.80 bits per heavy atom. The molecule has 0 aliphatic heterocycles. The van der Waals surface area contributed by atoms with Gasteiger partial charge in [0, 0.05) is 0 Å². The zero-order chi connectivity index (χ0) is 7.66. The normalized spacial score (nSPS) is 5.50. The first kappa shape index (κ1) is 8.73. The van der Waals surface area contributed by atoms with Crippen LogP contribution in [0.1, 0.15) is 0 Å². The average molecular weight is 138 g/mol. The molecule has 42 valence electrons. The van der Waals surface area contributed by atoms with Crippen molar-refractivity contribution in [1.29, 1.82) is 0 Å². The van der Waals surface area contributed by atoms with E-state index in [1.807, 2.05) is 5.92 Å². The third kappa shape index (κ3) is 6.73. The summed E-state index contributed by atoms with van der Waals surface area (Å²) < 4.78 is 0. The van der Waals surface area contributed by atoms with Crippen LogP contribution >= 0.6 is 8.58 Å². The zero-order valence-electron chi connectivity index (χ0n) is 5.02. The van der Waals surface area contributed by atoms with Gasteiger partial charge in [-0.1, -0.05) is 5.92 Å². The first-order valence-corrected chi connectivity index (χ1v) is 3.13. The summed E-state index contributed by atoms with van der Waals surface area (Å²) in [5, 5.41) is 0. The lowest BCUT2D eigenvalue weighted by Crippen LogP contribution is -1.49. The van der Waals surface area contributed by atoms with Crippen molar-refractivity contribution < 1.29 is 0 Å². The van der Waals surface area contributed by atoms with Crippen LogP contribution in [0.5, 0.6) is 0 Å². The highest BCUT2D eigenvalue weighted by Gasteiger charge is 1.41. The van der Waals surface area contributed by atoms with Gasteiger partial charge in [0.2, 0.25) is 0 Å². The minimum absolute atomic E-state index is 0.621. The number of hydrogen-bond donors (Lipinski definition) is 0. The van der Waals surface area contributed by atoms with Gasteiger partial charge in [0.25, 0.3) is 0 Å². The van der Waals surface area contributed by atoms with E-state index in [2.05, 4.69) is 34.9 Å². The molecular formula is C8BP-2. The molecular weight excluding hydrogens is 138 g/mol. The molecule has 0 aliphatic rings. The molecule has 0 rings (SSSR count). The minimum Gasteiger partial charge on any atom is -0.389 e. The lowest BCUT2D eigenvalue weighted by Gasteiger charge is -1.93. The molecule has 0 nitrogen and oxygen atoms in total. The van der Waals surface area contributed by atoms with E-state index in [1.165, 1.54) is 0 Å². The van der Waals surface area contributed by atoms with Crippen molar-refractivity contribution in [1.82, 2.24) is 0 Å². The van der Waals surface area contributed by atoms with Gasteiger partial charge >= 0.3 is 0 Å². The van der Waals surface area contributed by atoms with Crippen molar-refractivity contribution in [2.45, 2.75) is 0 Å². The maximum Gasteiger partial charge on any atom is 0.189 e. The van der Waals surface area contributed by atoms with E-state index in [0.717, 1.165) is 0 Å². The highest BCUT2D eigenvalue weighted by molar-refractivity contribution is 7.49. The molecule has 0 unspecified atom stereocenters. The number of rotatable bonds is 0. The maximum absolute atomic E-state index is 6.39. The van der Waals surface area contributed by atoms with Gasteiger partial charge in [-0.25, -0.2) is 0 Å². The Morgan fingerprint density at radius 3 is 2.40 bits per heavy atom. The SMILES string of the molecule is [B]C#CC#C[P-]C#CC#[C-]. The van der Waals surface area contributed by atoms with Gasteiger partial charge in [-0.3, -0.25) is 17.5 Å². The fraction of sp³-hybridized carbons (Fsp3) is 0. The lowest BCUT2D eigenvalue weighted by molar-refractivity contribution is 2.50. The Balaban J connectivity index is 3.67. The van der Waals surface area contributed by atoms with E-state index in [0.29, 0.717) is 8.58 Å². The predicted octanol–water partition coefficient (Wildman–Crippen LogP) is 0.574. The highest BCUT2D eigenvalue weighted by atomic mass is 31.1. The van der Waals surface area contributed by atoms with Crippen molar-refractivity contribution in [3.8, 4) is 40.8 Å². The maximum atomic E-state index is 6.39. The summed E-state index contributed by atoms with van der Waals surface area (Å²) in [4.78, 5) is 0. The molecule has 0 saturated heterocycles. The Hall–Kier alpha value is -1.27. The van der Waals surface area contributed by atoms with Crippen molar-refractivity contribution >= 4 is 16.4 Å². The van der Waals surface area contributed by atoms with E-state index in [4.69, 9.17) is 14.3 Å². The van der Waals surface area contributed by atoms with Crippen molar-refractivity contribution in [2.75, 3.05) is 0 Å². The van der Waals surface area contributed by atoms with Crippen LogP contribution in [0.2, 0.25) is 0 Å². The molecule has 0 spiro atoms. The Kier molecular flexibility index (Phi) is 6.76. The summed E-state index contributed by atoms with van der Waals surface area (Å²) in [7, 11) is 5.44. The number of hydrogen-bond acceptors (Lipinski definition) is 0. The van der Waals surface area contributed by atoms with Gasteiger partial charge in [0.1, 0.15) is 0 Å². The fourth-order valence-corrected chi connectivity index (χ4v) is 0.455. The molecule has 0 saturated carbocycles. The first-order chi connectivity index (χ1) is 4.91. The van der Waals surface area contributed by atoms with E-state index >= 15 is 0 Å². The molecule has 0 aromatic heterocycles. The van der Waals surface area contributed by atoms with Crippen LogP contribution in [0.25, 0.3) is 0 Å². The molecule has 10 heavy (non-hydrogen) atoms. The van der Waals surface area contributed by atoms with E-state index in [1.54, 1.807) is 0 Å². The van der Waals surface area contributed by atoms with Gasteiger partial charge in [-0.2, -0.15) is 5.82 Å². The van der Waals surface area contributed by atoms with Crippen molar-refractivity contribution in [3.05, 3.63) is 6.42 Å². The molecule has 0 aromatic rings.